The number of aliphatic hydroxyl groups is 1. The molecule has 2 N–H and O–H groups in total. The summed E-state index contributed by atoms with van der Waals surface area (Å²) >= 11 is 0. The lowest BCUT2D eigenvalue weighted by atomic mass is 9.84. The molecular formula is C16H25NO3. The van der Waals surface area contributed by atoms with Gasteiger partial charge >= 0.3 is 0 Å². The molecule has 0 aliphatic carbocycles. The number of benzene rings is 1. The first-order valence-electron chi connectivity index (χ1n) is 7.39. The fourth-order valence-corrected chi connectivity index (χ4v) is 2.70. The zero-order valence-electron chi connectivity index (χ0n) is 12.2. The first-order chi connectivity index (χ1) is 9.78. The Bertz CT molecular complexity index is 402. The Kier molecular flexibility index (Phi) is 5.83. The van der Waals surface area contributed by atoms with Gasteiger partial charge in [-0.15, -0.1) is 0 Å². The molecule has 1 saturated heterocycles. The van der Waals surface area contributed by atoms with Crippen molar-refractivity contribution in [2.24, 2.45) is 5.41 Å². The summed E-state index contributed by atoms with van der Waals surface area (Å²) in [5.41, 5.74) is 1.32. The molecule has 1 aliphatic heterocycles. The van der Waals surface area contributed by atoms with Gasteiger partial charge in [0.2, 0.25) is 0 Å². The van der Waals surface area contributed by atoms with Crippen LogP contribution in [0.5, 0.6) is 5.75 Å². The van der Waals surface area contributed by atoms with E-state index in [9.17, 15) is 5.11 Å². The zero-order chi connectivity index (χ0) is 14.3. The lowest BCUT2D eigenvalue weighted by Gasteiger charge is -2.26. The van der Waals surface area contributed by atoms with E-state index >= 15 is 0 Å². The SMILES string of the molecule is CCOc1cccc(CNCC2(CCO)CCOC2)c1. The van der Waals surface area contributed by atoms with Crippen molar-refractivity contribution in [1.29, 1.82) is 0 Å². The van der Waals surface area contributed by atoms with Gasteiger partial charge in [0.1, 0.15) is 5.75 Å². The van der Waals surface area contributed by atoms with Crippen molar-refractivity contribution < 1.29 is 14.6 Å². The third kappa shape index (κ3) is 4.20. The van der Waals surface area contributed by atoms with Gasteiger partial charge in [-0.25, -0.2) is 0 Å². The molecule has 0 radical (unpaired) electrons. The van der Waals surface area contributed by atoms with Gasteiger partial charge in [0.25, 0.3) is 0 Å². The molecule has 1 aliphatic rings. The Morgan fingerprint density at radius 2 is 2.35 bits per heavy atom. The minimum atomic E-state index is 0.103. The molecule has 1 aromatic carbocycles. The van der Waals surface area contributed by atoms with Crippen LogP contribution in [0.1, 0.15) is 25.3 Å². The minimum absolute atomic E-state index is 0.103. The topological polar surface area (TPSA) is 50.7 Å². The highest BCUT2D eigenvalue weighted by Crippen LogP contribution is 2.31. The smallest absolute Gasteiger partial charge is 0.119 e. The van der Waals surface area contributed by atoms with Crippen LogP contribution in [0.3, 0.4) is 0 Å². The molecule has 112 valence electrons. The third-order valence-electron chi connectivity index (χ3n) is 3.87. The summed E-state index contributed by atoms with van der Waals surface area (Å²) in [4.78, 5) is 0. The first kappa shape index (κ1) is 15.3. The van der Waals surface area contributed by atoms with Crippen LogP contribution in [0.25, 0.3) is 0 Å². The van der Waals surface area contributed by atoms with Gasteiger partial charge in [-0.3, -0.25) is 0 Å². The van der Waals surface area contributed by atoms with E-state index in [2.05, 4.69) is 17.4 Å². The molecule has 0 aromatic heterocycles. The monoisotopic (exact) mass is 279 g/mol. The molecular weight excluding hydrogens is 254 g/mol. The van der Waals surface area contributed by atoms with E-state index in [1.807, 2.05) is 19.1 Å². The second-order valence-electron chi connectivity index (χ2n) is 5.46. The van der Waals surface area contributed by atoms with E-state index in [0.29, 0.717) is 6.61 Å². The maximum Gasteiger partial charge on any atom is 0.119 e. The lowest BCUT2D eigenvalue weighted by molar-refractivity contribution is 0.124. The molecule has 4 heteroatoms. The van der Waals surface area contributed by atoms with Gasteiger partial charge in [0, 0.05) is 31.7 Å². The molecule has 4 nitrogen and oxygen atoms in total. The van der Waals surface area contributed by atoms with Crippen molar-refractivity contribution in [3.8, 4) is 5.75 Å². The summed E-state index contributed by atoms with van der Waals surface area (Å²) < 4.78 is 11.0. The highest BCUT2D eigenvalue weighted by atomic mass is 16.5. The van der Waals surface area contributed by atoms with E-state index in [0.717, 1.165) is 44.9 Å². The Hall–Kier alpha value is -1.10. The lowest BCUT2D eigenvalue weighted by Crippen LogP contribution is -2.35. The summed E-state index contributed by atoms with van der Waals surface area (Å²) in [6.07, 6.45) is 1.83. The predicted molar refractivity (Wildman–Crippen MR) is 78.9 cm³/mol. The van der Waals surface area contributed by atoms with Crippen LogP contribution in [0.15, 0.2) is 24.3 Å². The molecule has 0 spiro atoms. The Morgan fingerprint density at radius 3 is 3.05 bits per heavy atom. The normalized spacial score (nSPS) is 22.1. The predicted octanol–water partition coefficient (Wildman–Crippen LogP) is 1.96. The van der Waals surface area contributed by atoms with Crippen LogP contribution in [-0.4, -0.2) is 38.1 Å². The third-order valence-corrected chi connectivity index (χ3v) is 3.87. The second kappa shape index (κ2) is 7.62. The molecule has 1 heterocycles. The molecule has 1 fully saturated rings. The summed E-state index contributed by atoms with van der Waals surface area (Å²) in [5, 5.41) is 12.7. The summed E-state index contributed by atoms with van der Waals surface area (Å²) in [7, 11) is 0. The summed E-state index contributed by atoms with van der Waals surface area (Å²) in [6, 6.07) is 8.16. The highest BCUT2D eigenvalue weighted by Gasteiger charge is 2.33. The Morgan fingerprint density at radius 1 is 1.45 bits per heavy atom. The van der Waals surface area contributed by atoms with E-state index in [-0.39, 0.29) is 12.0 Å². The number of rotatable bonds is 8. The van der Waals surface area contributed by atoms with E-state index < -0.39 is 0 Å². The standard InChI is InChI=1S/C16H25NO3/c1-2-20-15-5-3-4-14(10-15)11-17-12-16(6-8-18)7-9-19-13-16/h3-5,10,17-18H,2,6-9,11-13H2,1H3. The van der Waals surface area contributed by atoms with Crippen LogP contribution in [0.2, 0.25) is 0 Å². The van der Waals surface area contributed by atoms with Crippen molar-refractivity contribution >= 4 is 0 Å². The van der Waals surface area contributed by atoms with Gasteiger partial charge in [-0.05, 0) is 37.5 Å². The van der Waals surface area contributed by atoms with Gasteiger partial charge in [0.15, 0.2) is 0 Å². The summed E-state index contributed by atoms with van der Waals surface area (Å²) in [6.45, 7) is 6.16. The molecule has 1 atom stereocenters. The van der Waals surface area contributed by atoms with Crippen LogP contribution in [-0.2, 0) is 11.3 Å². The molecule has 0 amide bonds. The number of hydrogen-bond acceptors (Lipinski definition) is 4. The number of aliphatic hydroxyl groups excluding tert-OH is 1. The van der Waals surface area contributed by atoms with E-state index in [1.54, 1.807) is 0 Å². The molecule has 20 heavy (non-hydrogen) atoms. The average molecular weight is 279 g/mol. The van der Waals surface area contributed by atoms with Crippen LogP contribution in [0.4, 0.5) is 0 Å². The molecule has 0 bridgehead atoms. The van der Waals surface area contributed by atoms with Gasteiger partial charge in [-0.1, -0.05) is 12.1 Å². The number of hydrogen-bond donors (Lipinski definition) is 2. The van der Waals surface area contributed by atoms with Crippen molar-refractivity contribution in [2.75, 3.05) is 33.0 Å². The number of nitrogens with one attached hydrogen (secondary N) is 1. The average Bonchev–Trinajstić information content (AvgIpc) is 2.89. The molecule has 1 unspecified atom stereocenters. The number of ether oxygens (including phenoxy) is 2. The maximum atomic E-state index is 9.20. The van der Waals surface area contributed by atoms with Gasteiger partial charge in [-0.2, -0.15) is 0 Å². The highest BCUT2D eigenvalue weighted by molar-refractivity contribution is 5.28. The Labute approximate surface area is 121 Å². The Balaban J connectivity index is 1.84. The van der Waals surface area contributed by atoms with Crippen LogP contribution in [0, 0.1) is 5.41 Å². The molecule has 0 saturated carbocycles. The van der Waals surface area contributed by atoms with Crippen molar-refractivity contribution in [1.82, 2.24) is 5.32 Å². The van der Waals surface area contributed by atoms with Crippen molar-refractivity contribution in [2.45, 2.75) is 26.3 Å². The first-order valence-corrected chi connectivity index (χ1v) is 7.39. The van der Waals surface area contributed by atoms with E-state index in [1.165, 1.54) is 5.56 Å². The van der Waals surface area contributed by atoms with Crippen molar-refractivity contribution in [3.05, 3.63) is 29.8 Å². The van der Waals surface area contributed by atoms with Crippen molar-refractivity contribution in [3.63, 3.8) is 0 Å². The molecule has 1 aromatic rings. The van der Waals surface area contributed by atoms with E-state index in [4.69, 9.17) is 9.47 Å². The van der Waals surface area contributed by atoms with Gasteiger partial charge < -0.3 is 19.9 Å². The molecule has 2 rings (SSSR count). The fraction of sp³-hybridized carbons (Fsp3) is 0.625. The summed E-state index contributed by atoms with van der Waals surface area (Å²) in [5.74, 6) is 0.918. The fourth-order valence-electron chi connectivity index (χ4n) is 2.70. The van der Waals surface area contributed by atoms with Crippen LogP contribution >= 0.6 is 0 Å². The second-order valence-corrected chi connectivity index (χ2v) is 5.46. The quantitative estimate of drug-likeness (QED) is 0.764. The van der Waals surface area contributed by atoms with Gasteiger partial charge in [0.05, 0.1) is 13.2 Å². The largest absolute Gasteiger partial charge is 0.494 e. The minimum Gasteiger partial charge on any atom is -0.494 e. The maximum absolute atomic E-state index is 9.20. The zero-order valence-corrected chi connectivity index (χ0v) is 12.2. The van der Waals surface area contributed by atoms with Crippen LogP contribution < -0.4 is 10.1 Å².